The lowest BCUT2D eigenvalue weighted by Crippen LogP contribution is -2.52. The smallest absolute Gasteiger partial charge is 0.328 e. The molecule has 0 spiro atoms. The Morgan fingerprint density at radius 2 is 1.69 bits per heavy atom. The summed E-state index contributed by atoms with van der Waals surface area (Å²) >= 11 is 0. The van der Waals surface area contributed by atoms with Crippen molar-refractivity contribution in [2.75, 3.05) is 13.1 Å². The van der Waals surface area contributed by atoms with Gasteiger partial charge in [0.25, 0.3) is 11.8 Å². The van der Waals surface area contributed by atoms with E-state index in [9.17, 15) is 14.4 Å². The summed E-state index contributed by atoms with van der Waals surface area (Å²) in [5.41, 5.74) is 3.20. The highest BCUT2D eigenvalue weighted by atomic mass is 16.2. The minimum absolute atomic E-state index is 0.0558. The molecule has 2 N–H and O–H groups in total. The predicted octanol–water partition coefficient (Wildman–Crippen LogP) is 2.64. The molecule has 2 aliphatic carbocycles. The van der Waals surface area contributed by atoms with Crippen LogP contribution in [0.1, 0.15) is 47.0 Å². The number of carbonyl (C=O) groups is 3. The van der Waals surface area contributed by atoms with Gasteiger partial charge in [-0.15, -0.1) is 0 Å². The number of allylic oxidation sites excluding steroid dienone is 5. The van der Waals surface area contributed by atoms with E-state index in [-0.39, 0.29) is 11.0 Å². The number of hydrogen-bond donors (Lipinski definition) is 2. The van der Waals surface area contributed by atoms with E-state index in [1.165, 1.54) is 11.3 Å². The van der Waals surface area contributed by atoms with Gasteiger partial charge in [-0.05, 0) is 61.7 Å². The maximum Gasteiger partial charge on any atom is 0.328 e. The monoisotopic (exact) mass is 357 g/mol. The third-order valence-corrected chi connectivity index (χ3v) is 5.75. The van der Waals surface area contributed by atoms with Crippen molar-refractivity contribution >= 4 is 17.8 Å². The molecule has 3 rings (SSSR count). The molecule has 140 valence electrons. The average Bonchev–Trinajstić information content (AvgIpc) is 2.54. The summed E-state index contributed by atoms with van der Waals surface area (Å²) in [5, 5.41) is 4.36. The molecule has 1 aliphatic heterocycles. The average molecular weight is 357 g/mol. The van der Waals surface area contributed by atoms with E-state index in [2.05, 4.69) is 49.3 Å². The van der Waals surface area contributed by atoms with Crippen LogP contribution in [0.15, 0.2) is 34.6 Å². The predicted molar refractivity (Wildman–Crippen MR) is 98.9 cm³/mol. The van der Waals surface area contributed by atoms with Crippen LogP contribution in [0.25, 0.3) is 0 Å². The quantitative estimate of drug-likeness (QED) is 0.601. The first-order valence-corrected chi connectivity index (χ1v) is 9.33. The van der Waals surface area contributed by atoms with E-state index >= 15 is 0 Å². The molecule has 6 nitrogen and oxygen atoms in total. The Morgan fingerprint density at radius 1 is 1.08 bits per heavy atom. The minimum atomic E-state index is -0.758. The van der Waals surface area contributed by atoms with Gasteiger partial charge in [0.15, 0.2) is 0 Å². The fourth-order valence-corrected chi connectivity index (χ4v) is 4.47. The molecule has 1 fully saturated rings. The summed E-state index contributed by atoms with van der Waals surface area (Å²) < 4.78 is 0. The third-order valence-electron chi connectivity index (χ3n) is 5.75. The van der Waals surface area contributed by atoms with Gasteiger partial charge in [0.2, 0.25) is 0 Å². The van der Waals surface area contributed by atoms with Crippen molar-refractivity contribution in [2.45, 2.75) is 47.0 Å². The summed E-state index contributed by atoms with van der Waals surface area (Å²) in [6.07, 6.45) is 6.98. The van der Waals surface area contributed by atoms with Crippen LogP contribution in [0.2, 0.25) is 0 Å². The topological polar surface area (TPSA) is 78.5 Å². The minimum Gasteiger partial charge on any atom is -0.375 e. The second kappa shape index (κ2) is 6.74. The summed E-state index contributed by atoms with van der Waals surface area (Å²) in [6.45, 7) is 10.6. The molecule has 1 saturated heterocycles. The van der Waals surface area contributed by atoms with Crippen LogP contribution < -0.4 is 10.6 Å². The molecular weight excluding hydrogens is 330 g/mol. The summed E-state index contributed by atoms with van der Waals surface area (Å²) in [4.78, 5) is 38.2. The van der Waals surface area contributed by atoms with Gasteiger partial charge in [-0.1, -0.05) is 19.9 Å². The molecule has 0 aromatic carbocycles. The number of barbiturate groups is 1. The van der Waals surface area contributed by atoms with Crippen molar-refractivity contribution in [1.82, 2.24) is 15.5 Å². The molecule has 4 amide bonds. The fraction of sp³-hybridized carbons (Fsp3) is 0.550. The third kappa shape index (κ3) is 3.20. The Kier molecular flexibility index (Phi) is 4.78. The molecule has 26 heavy (non-hydrogen) atoms. The molecule has 0 saturated carbocycles. The maximum absolute atomic E-state index is 12.2. The lowest BCUT2D eigenvalue weighted by atomic mass is 9.63. The van der Waals surface area contributed by atoms with Crippen LogP contribution in [0.5, 0.6) is 0 Å². The summed E-state index contributed by atoms with van der Waals surface area (Å²) in [5.74, 6) is -0.810. The van der Waals surface area contributed by atoms with E-state index < -0.39 is 17.8 Å². The Morgan fingerprint density at radius 3 is 2.27 bits per heavy atom. The Balaban J connectivity index is 2.07. The molecule has 3 aliphatic rings. The molecule has 0 bridgehead atoms. The molecule has 1 atom stereocenters. The second-order valence-electron chi connectivity index (χ2n) is 7.85. The van der Waals surface area contributed by atoms with Crippen molar-refractivity contribution in [3.05, 3.63) is 34.6 Å². The normalized spacial score (nSPS) is 25.1. The number of nitrogens with zero attached hydrogens (tertiary/aromatic N) is 1. The highest BCUT2D eigenvalue weighted by Crippen LogP contribution is 2.49. The molecule has 0 radical (unpaired) electrons. The zero-order chi connectivity index (χ0) is 19.1. The number of nitrogens with one attached hydrogen (secondary N) is 2. The fourth-order valence-electron chi connectivity index (χ4n) is 4.47. The SMILES string of the molecule is CCN(CC)C1=CC2=CC(=C3C(=O)NC(=O)NC3=O)CC(C)(C)C2CC1. The zero-order valence-corrected chi connectivity index (χ0v) is 15.9. The van der Waals surface area contributed by atoms with Crippen LogP contribution in [0.4, 0.5) is 4.79 Å². The van der Waals surface area contributed by atoms with Crippen molar-refractivity contribution < 1.29 is 14.4 Å². The first-order chi connectivity index (χ1) is 12.3. The Bertz CT molecular complexity index is 732. The summed E-state index contributed by atoms with van der Waals surface area (Å²) in [6, 6.07) is -0.758. The second-order valence-corrected chi connectivity index (χ2v) is 7.85. The number of urea groups is 1. The molecule has 0 aromatic rings. The van der Waals surface area contributed by atoms with Crippen molar-refractivity contribution in [3.8, 4) is 0 Å². The number of fused-ring (bicyclic) bond motifs is 1. The van der Waals surface area contributed by atoms with Crippen LogP contribution in [-0.4, -0.2) is 35.8 Å². The van der Waals surface area contributed by atoms with Gasteiger partial charge < -0.3 is 4.90 Å². The highest BCUT2D eigenvalue weighted by molar-refractivity contribution is 6.29. The van der Waals surface area contributed by atoms with Gasteiger partial charge in [0.05, 0.1) is 0 Å². The van der Waals surface area contributed by atoms with Gasteiger partial charge in [0.1, 0.15) is 5.57 Å². The standard InChI is InChI=1S/C20H27N3O3/c1-5-23(6-2)14-7-8-15-12(10-14)9-13(11-20(15,3)4)16-17(24)21-19(26)22-18(16)25/h9-10,15H,5-8,11H2,1-4H3,(H2,21,22,24,25,26). The Labute approximate surface area is 154 Å². The van der Waals surface area contributed by atoms with Crippen LogP contribution in [-0.2, 0) is 9.59 Å². The first-order valence-electron chi connectivity index (χ1n) is 9.33. The summed E-state index contributed by atoms with van der Waals surface area (Å²) in [7, 11) is 0. The van der Waals surface area contributed by atoms with Crippen molar-refractivity contribution in [1.29, 1.82) is 0 Å². The van der Waals surface area contributed by atoms with Crippen LogP contribution >= 0.6 is 0 Å². The number of hydrogen-bond acceptors (Lipinski definition) is 4. The lowest BCUT2D eigenvalue weighted by molar-refractivity contribution is -0.124. The van der Waals surface area contributed by atoms with E-state index in [0.29, 0.717) is 17.9 Å². The molecule has 1 heterocycles. The van der Waals surface area contributed by atoms with Crippen molar-refractivity contribution in [3.63, 3.8) is 0 Å². The van der Waals surface area contributed by atoms with Gasteiger partial charge in [-0.3, -0.25) is 20.2 Å². The maximum atomic E-state index is 12.2. The van der Waals surface area contributed by atoms with E-state index in [1.54, 1.807) is 0 Å². The zero-order valence-electron chi connectivity index (χ0n) is 15.9. The largest absolute Gasteiger partial charge is 0.375 e. The van der Waals surface area contributed by atoms with Crippen LogP contribution in [0, 0.1) is 11.3 Å². The molecule has 0 aromatic heterocycles. The van der Waals surface area contributed by atoms with E-state index in [1.807, 2.05) is 6.08 Å². The van der Waals surface area contributed by atoms with Gasteiger partial charge >= 0.3 is 6.03 Å². The van der Waals surface area contributed by atoms with E-state index in [4.69, 9.17) is 0 Å². The van der Waals surface area contributed by atoms with Crippen LogP contribution in [0.3, 0.4) is 0 Å². The molecule has 6 heteroatoms. The van der Waals surface area contributed by atoms with Gasteiger partial charge in [-0.25, -0.2) is 4.79 Å². The first kappa shape index (κ1) is 18.4. The Hall–Kier alpha value is -2.37. The molecule has 1 unspecified atom stereocenters. The molecular formula is C20H27N3O3. The highest BCUT2D eigenvalue weighted by Gasteiger charge is 2.40. The van der Waals surface area contributed by atoms with Gasteiger partial charge in [0, 0.05) is 18.8 Å². The van der Waals surface area contributed by atoms with Crippen molar-refractivity contribution in [2.24, 2.45) is 11.3 Å². The number of rotatable bonds is 3. The number of carbonyl (C=O) groups excluding carboxylic acids is 3. The van der Waals surface area contributed by atoms with Gasteiger partial charge in [-0.2, -0.15) is 0 Å². The lowest BCUT2D eigenvalue weighted by Gasteiger charge is -2.43. The number of imide groups is 2. The number of amides is 4. The van der Waals surface area contributed by atoms with E-state index in [0.717, 1.165) is 25.9 Å².